The van der Waals surface area contributed by atoms with Crippen LogP contribution < -0.4 is 0 Å². The second-order valence-electron chi connectivity index (χ2n) is 6.69. The van der Waals surface area contributed by atoms with Crippen LogP contribution in [0.5, 0.6) is 0 Å². The molecule has 4 heterocycles. The molecular weight excluding hydrogens is 330 g/mol. The van der Waals surface area contributed by atoms with Gasteiger partial charge in [-0.05, 0) is 38.3 Å². The quantitative estimate of drug-likeness (QED) is 0.724. The van der Waals surface area contributed by atoms with Crippen LogP contribution in [0, 0.1) is 6.92 Å². The molecule has 0 saturated carbocycles. The Labute approximate surface area is 151 Å². The monoisotopic (exact) mass is 351 g/mol. The SMILES string of the molecule is Cc1cc(-c2cn(C)nc2C2CCCCN2C(=O)c2cccnc2)on1. The van der Waals surface area contributed by atoms with Crippen molar-refractivity contribution in [3.8, 4) is 11.3 Å². The number of pyridine rings is 1. The zero-order valence-corrected chi connectivity index (χ0v) is 14.9. The first-order chi connectivity index (χ1) is 12.6. The minimum absolute atomic E-state index is 0.00634. The van der Waals surface area contributed by atoms with Crippen molar-refractivity contribution in [2.75, 3.05) is 6.54 Å². The van der Waals surface area contributed by atoms with Crippen LogP contribution in [-0.2, 0) is 7.05 Å². The number of carbonyl (C=O) groups is 1. The molecule has 26 heavy (non-hydrogen) atoms. The molecule has 134 valence electrons. The number of rotatable bonds is 3. The van der Waals surface area contributed by atoms with Crippen LogP contribution in [0.1, 0.15) is 47.1 Å². The Kier molecular flexibility index (Phi) is 4.28. The van der Waals surface area contributed by atoms with Crippen molar-refractivity contribution >= 4 is 5.91 Å². The van der Waals surface area contributed by atoms with Gasteiger partial charge in [0.15, 0.2) is 5.76 Å². The summed E-state index contributed by atoms with van der Waals surface area (Å²) in [4.78, 5) is 19.0. The maximum absolute atomic E-state index is 13.1. The molecular formula is C19H21N5O2. The second-order valence-corrected chi connectivity index (χ2v) is 6.69. The Morgan fingerprint density at radius 2 is 2.23 bits per heavy atom. The molecule has 1 aliphatic rings. The Balaban J connectivity index is 1.72. The number of likely N-dealkylation sites (tertiary alicyclic amines) is 1. The maximum atomic E-state index is 13.1. The van der Waals surface area contributed by atoms with Gasteiger partial charge in [0.2, 0.25) is 0 Å². The van der Waals surface area contributed by atoms with Gasteiger partial charge < -0.3 is 9.42 Å². The molecule has 0 aromatic carbocycles. The normalized spacial score (nSPS) is 17.5. The fourth-order valence-corrected chi connectivity index (χ4v) is 3.55. The third-order valence-corrected chi connectivity index (χ3v) is 4.74. The summed E-state index contributed by atoms with van der Waals surface area (Å²) in [5.41, 5.74) is 3.18. The van der Waals surface area contributed by atoms with Gasteiger partial charge in [-0.25, -0.2) is 0 Å². The number of hydrogen-bond donors (Lipinski definition) is 0. The molecule has 1 saturated heterocycles. The Morgan fingerprint density at radius 1 is 1.35 bits per heavy atom. The van der Waals surface area contributed by atoms with Crippen molar-refractivity contribution in [2.45, 2.75) is 32.2 Å². The van der Waals surface area contributed by atoms with Crippen LogP contribution in [-0.4, -0.2) is 37.3 Å². The molecule has 0 N–H and O–H groups in total. The van der Waals surface area contributed by atoms with Crippen molar-refractivity contribution in [2.24, 2.45) is 7.05 Å². The van der Waals surface area contributed by atoms with Gasteiger partial charge in [-0.15, -0.1) is 0 Å². The molecule has 1 amide bonds. The summed E-state index contributed by atoms with van der Waals surface area (Å²) < 4.78 is 7.23. The van der Waals surface area contributed by atoms with E-state index in [1.165, 1.54) is 0 Å². The molecule has 1 atom stereocenters. The minimum Gasteiger partial charge on any atom is -0.356 e. The van der Waals surface area contributed by atoms with Gasteiger partial charge in [-0.2, -0.15) is 5.10 Å². The number of amides is 1. The first-order valence-corrected chi connectivity index (χ1v) is 8.81. The van der Waals surface area contributed by atoms with Gasteiger partial charge in [0.1, 0.15) is 0 Å². The summed E-state index contributed by atoms with van der Waals surface area (Å²) >= 11 is 0. The first kappa shape index (κ1) is 16.5. The van der Waals surface area contributed by atoms with E-state index in [0.29, 0.717) is 17.9 Å². The molecule has 4 rings (SSSR count). The Hall–Kier alpha value is -2.96. The maximum Gasteiger partial charge on any atom is 0.255 e. The first-order valence-electron chi connectivity index (χ1n) is 8.81. The number of aromatic nitrogens is 4. The molecule has 7 nitrogen and oxygen atoms in total. The van der Waals surface area contributed by atoms with E-state index < -0.39 is 0 Å². The zero-order valence-electron chi connectivity index (χ0n) is 14.9. The summed E-state index contributed by atoms with van der Waals surface area (Å²) in [5, 5.41) is 8.66. The highest BCUT2D eigenvalue weighted by Crippen LogP contribution is 2.37. The molecule has 7 heteroatoms. The molecule has 1 aliphatic heterocycles. The topological polar surface area (TPSA) is 77.0 Å². The fraction of sp³-hybridized carbons (Fsp3) is 0.368. The highest BCUT2D eigenvalue weighted by Gasteiger charge is 2.33. The van der Waals surface area contributed by atoms with Gasteiger partial charge in [0.25, 0.3) is 5.91 Å². The fourth-order valence-electron chi connectivity index (χ4n) is 3.55. The van der Waals surface area contributed by atoms with E-state index in [-0.39, 0.29) is 11.9 Å². The lowest BCUT2D eigenvalue weighted by Crippen LogP contribution is -2.39. The lowest BCUT2D eigenvalue weighted by molar-refractivity contribution is 0.0605. The van der Waals surface area contributed by atoms with Crippen molar-refractivity contribution in [3.05, 3.63) is 53.7 Å². The summed E-state index contributed by atoms with van der Waals surface area (Å²) in [5.74, 6) is 0.679. The largest absolute Gasteiger partial charge is 0.356 e. The average Bonchev–Trinajstić information content (AvgIpc) is 3.27. The summed E-state index contributed by atoms with van der Waals surface area (Å²) in [6.45, 7) is 2.60. The Morgan fingerprint density at radius 3 is 2.96 bits per heavy atom. The van der Waals surface area contributed by atoms with E-state index in [2.05, 4.69) is 15.2 Å². The van der Waals surface area contributed by atoms with E-state index in [0.717, 1.165) is 36.2 Å². The number of nitrogens with zero attached hydrogens (tertiary/aromatic N) is 5. The minimum atomic E-state index is -0.0851. The van der Waals surface area contributed by atoms with Crippen LogP contribution in [0.4, 0.5) is 0 Å². The van der Waals surface area contributed by atoms with E-state index >= 15 is 0 Å². The molecule has 0 radical (unpaired) electrons. The number of hydrogen-bond acceptors (Lipinski definition) is 5. The van der Waals surface area contributed by atoms with Gasteiger partial charge >= 0.3 is 0 Å². The average molecular weight is 351 g/mol. The molecule has 0 bridgehead atoms. The van der Waals surface area contributed by atoms with E-state index in [9.17, 15) is 4.79 Å². The number of piperidine rings is 1. The zero-order chi connectivity index (χ0) is 18.1. The molecule has 3 aromatic heterocycles. The van der Waals surface area contributed by atoms with Crippen LogP contribution in [0.3, 0.4) is 0 Å². The second kappa shape index (κ2) is 6.74. The third kappa shape index (κ3) is 3.00. The van der Waals surface area contributed by atoms with E-state index in [1.54, 1.807) is 29.2 Å². The lowest BCUT2D eigenvalue weighted by Gasteiger charge is -2.35. The van der Waals surface area contributed by atoms with E-state index in [4.69, 9.17) is 4.52 Å². The Bertz CT molecular complexity index is 915. The molecule has 1 fully saturated rings. The van der Waals surface area contributed by atoms with E-state index in [1.807, 2.05) is 31.1 Å². The van der Waals surface area contributed by atoms with Gasteiger partial charge in [-0.3, -0.25) is 14.5 Å². The van der Waals surface area contributed by atoms with Crippen LogP contribution >= 0.6 is 0 Å². The number of aryl methyl sites for hydroxylation is 2. The third-order valence-electron chi connectivity index (χ3n) is 4.74. The highest BCUT2D eigenvalue weighted by atomic mass is 16.5. The summed E-state index contributed by atoms with van der Waals surface area (Å²) in [7, 11) is 1.88. The van der Waals surface area contributed by atoms with Crippen molar-refractivity contribution in [1.82, 2.24) is 24.8 Å². The van der Waals surface area contributed by atoms with Gasteiger partial charge in [-0.1, -0.05) is 5.16 Å². The molecule has 0 aliphatic carbocycles. The highest BCUT2D eigenvalue weighted by molar-refractivity contribution is 5.94. The summed E-state index contributed by atoms with van der Waals surface area (Å²) in [6, 6.07) is 5.41. The molecule has 3 aromatic rings. The van der Waals surface area contributed by atoms with Crippen molar-refractivity contribution < 1.29 is 9.32 Å². The van der Waals surface area contributed by atoms with Crippen LogP contribution in [0.2, 0.25) is 0 Å². The van der Waals surface area contributed by atoms with Gasteiger partial charge in [0, 0.05) is 38.2 Å². The van der Waals surface area contributed by atoms with Crippen molar-refractivity contribution in [1.29, 1.82) is 0 Å². The number of carbonyl (C=O) groups excluding carboxylic acids is 1. The molecule has 1 unspecified atom stereocenters. The molecule has 0 spiro atoms. The standard InChI is InChI=1S/C19H21N5O2/c1-13-10-17(26-22-13)15-12-23(2)21-18(15)16-7-3-4-9-24(16)19(25)14-6-5-8-20-11-14/h5-6,8,10-12,16H,3-4,7,9H2,1-2H3. The predicted molar refractivity (Wildman–Crippen MR) is 95.3 cm³/mol. The van der Waals surface area contributed by atoms with Crippen LogP contribution in [0.25, 0.3) is 11.3 Å². The smallest absolute Gasteiger partial charge is 0.255 e. The predicted octanol–water partition coefficient (Wildman–Crippen LogP) is 3.15. The lowest BCUT2D eigenvalue weighted by atomic mass is 9.95. The van der Waals surface area contributed by atoms with Crippen molar-refractivity contribution in [3.63, 3.8) is 0 Å². The van der Waals surface area contributed by atoms with Gasteiger partial charge in [0.05, 0.1) is 28.6 Å². The summed E-state index contributed by atoms with van der Waals surface area (Å²) in [6.07, 6.45) is 8.15. The van der Waals surface area contributed by atoms with Crippen LogP contribution in [0.15, 0.2) is 41.3 Å².